The third kappa shape index (κ3) is 2.58. The van der Waals surface area contributed by atoms with Gasteiger partial charge in [-0.15, -0.1) is 0 Å². The molecule has 1 fully saturated rings. The van der Waals surface area contributed by atoms with Gasteiger partial charge in [-0.1, -0.05) is 17.9 Å². The van der Waals surface area contributed by atoms with Gasteiger partial charge in [-0.2, -0.15) is 0 Å². The zero-order valence-corrected chi connectivity index (χ0v) is 7.58. The van der Waals surface area contributed by atoms with Gasteiger partial charge in [0, 0.05) is 4.99 Å². The molecule has 0 bridgehead atoms. The van der Waals surface area contributed by atoms with Gasteiger partial charge in [0.05, 0.1) is 0 Å². The summed E-state index contributed by atoms with van der Waals surface area (Å²) >= 11 is 3.16. The van der Waals surface area contributed by atoms with Gasteiger partial charge in [0.1, 0.15) is 0 Å². The summed E-state index contributed by atoms with van der Waals surface area (Å²) in [5.74, 6) is 0. The second-order valence-electron chi connectivity index (χ2n) is 2.54. The number of allylic oxidation sites excluding steroid dienone is 1. The molecule has 0 N–H and O–H groups in total. The average Bonchev–Trinajstić information content (AvgIpc) is 2.03. The quantitative estimate of drug-likeness (QED) is 0.523. The molecule has 0 amide bonds. The van der Waals surface area contributed by atoms with E-state index in [-0.39, 0.29) is 0 Å². The van der Waals surface area contributed by atoms with E-state index in [1.807, 2.05) is 0 Å². The van der Waals surface area contributed by atoms with Crippen molar-refractivity contribution in [1.82, 2.24) is 0 Å². The van der Waals surface area contributed by atoms with Crippen molar-refractivity contribution in [3.8, 4) is 0 Å². The molecule has 1 heteroatoms. The third-order valence-corrected chi connectivity index (χ3v) is 1.99. The fourth-order valence-electron chi connectivity index (χ4n) is 1.23. The minimum atomic E-state index is 1.23. The van der Waals surface area contributed by atoms with Crippen LogP contribution in [0, 0.1) is 0 Å². The highest BCUT2D eigenvalue weighted by molar-refractivity contribution is 9.11. The van der Waals surface area contributed by atoms with Crippen LogP contribution in [-0.4, -0.2) is 0 Å². The zero-order valence-electron chi connectivity index (χ0n) is 5.99. The van der Waals surface area contributed by atoms with Crippen LogP contribution in [0.1, 0.15) is 32.1 Å². The second kappa shape index (κ2) is 4.57. The van der Waals surface area contributed by atoms with Gasteiger partial charge in [0.2, 0.25) is 0 Å². The van der Waals surface area contributed by atoms with E-state index in [0.717, 1.165) is 0 Å². The molecule has 0 unspecified atom stereocenters. The lowest BCUT2D eigenvalue weighted by atomic mass is 9.96. The summed E-state index contributed by atoms with van der Waals surface area (Å²) in [5, 5.41) is 0. The summed E-state index contributed by atoms with van der Waals surface area (Å²) in [7, 11) is 0. The number of hydrogen-bond donors (Lipinski definition) is 0. The third-order valence-electron chi connectivity index (χ3n) is 1.76. The van der Waals surface area contributed by atoms with Gasteiger partial charge in [-0.3, -0.25) is 0 Å². The molecule has 1 aliphatic rings. The Balaban J connectivity index is 2.62. The van der Waals surface area contributed by atoms with Gasteiger partial charge in [-0.25, -0.2) is 0 Å². The van der Waals surface area contributed by atoms with Crippen molar-refractivity contribution < 1.29 is 0 Å². The Hall–Kier alpha value is -0.220. The highest BCUT2D eigenvalue weighted by Gasteiger charge is 2.02. The molecule has 0 aliphatic heterocycles. The Morgan fingerprint density at radius 1 is 1.20 bits per heavy atom. The molecule has 0 radical (unpaired) electrons. The van der Waals surface area contributed by atoms with Crippen molar-refractivity contribution in [3.05, 3.63) is 22.0 Å². The van der Waals surface area contributed by atoms with Crippen LogP contribution in [0.2, 0.25) is 0 Å². The fourth-order valence-corrected chi connectivity index (χ4v) is 1.35. The van der Waals surface area contributed by atoms with Crippen molar-refractivity contribution in [2.45, 2.75) is 32.1 Å². The van der Waals surface area contributed by atoms with Gasteiger partial charge >= 0.3 is 0 Å². The lowest BCUT2D eigenvalue weighted by molar-refractivity contribution is 0.600. The highest BCUT2D eigenvalue weighted by Crippen LogP contribution is 2.21. The smallest absolute Gasteiger partial charge is 0.0316 e. The van der Waals surface area contributed by atoms with Crippen LogP contribution in [-0.2, 0) is 0 Å². The molecule has 0 saturated heterocycles. The fraction of sp³-hybridized carbons (Fsp3) is 0.556. The van der Waals surface area contributed by atoms with E-state index in [1.165, 1.54) is 37.7 Å². The first-order chi connectivity index (χ1) is 4.93. The van der Waals surface area contributed by atoms with E-state index in [9.17, 15) is 0 Å². The molecule has 54 valence electrons. The molecule has 0 nitrogen and oxygen atoms in total. The van der Waals surface area contributed by atoms with E-state index in [2.05, 4.69) is 27.4 Å². The molecule has 0 aromatic rings. The van der Waals surface area contributed by atoms with E-state index in [0.29, 0.717) is 0 Å². The topological polar surface area (TPSA) is 0 Å². The minimum absolute atomic E-state index is 1.23. The summed E-state index contributed by atoms with van der Waals surface area (Å²) < 4.78 is 0. The summed E-state index contributed by atoms with van der Waals surface area (Å²) in [6, 6.07) is 0. The molecule has 0 aromatic carbocycles. The van der Waals surface area contributed by atoms with Crippen LogP contribution >= 0.6 is 15.9 Å². The molecule has 1 saturated carbocycles. The van der Waals surface area contributed by atoms with Crippen molar-refractivity contribution >= 4 is 15.9 Å². The van der Waals surface area contributed by atoms with Crippen molar-refractivity contribution in [1.29, 1.82) is 0 Å². The number of rotatable bonds is 0. The summed E-state index contributed by atoms with van der Waals surface area (Å²) in [5.41, 5.74) is 7.49. The Bertz CT molecular complexity index is 183. The molecular weight excluding hydrogens is 188 g/mol. The number of halogens is 1. The molecular formula is C9H11Br. The summed E-state index contributed by atoms with van der Waals surface area (Å²) in [4.78, 5) is 1.73. The SMILES string of the molecule is BrC=C=C=C1CCCCC1. The van der Waals surface area contributed by atoms with Crippen LogP contribution in [0.4, 0.5) is 0 Å². The van der Waals surface area contributed by atoms with E-state index in [1.54, 1.807) is 4.99 Å². The molecule has 1 rings (SSSR count). The van der Waals surface area contributed by atoms with Gasteiger partial charge in [0.25, 0.3) is 0 Å². The van der Waals surface area contributed by atoms with Gasteiger partial charge in [0.15, 0.2) is 0 Å². The molecule has 0 heterocycles. The molecule has 0 aromatic heterocycles. The first-order valence-corrected chi connectivity index (χ1v) is 4.63. The monoisotopic (exact) mass is 198 g/mol. The first-order valence-electron chi connectivity index (χ1n) is 3.71. The molecule has 0 atom stereocenters. The molecule has 10 heavy (non-hydrogen) atoms. The Morgan fingerprint density at radius 3 is 2.50 bits per heavy atom. The summed E-state index contributed by atoms with van der Waals surface area (Å²) in [6.07, 6.45) is 6.53. The lowest BCUT2D eigenvalue weighted by Crippen LogP contribution is -1.91. The maximum absolute atomic E-state index is 3.16. The standard InChI is InChI=1S/C9H11Br/c10-8-4-7-9-5-2-1-3-6-9/h8H,1-3,5-6H2. The highest BCUT2D eigenvalue weighted by atomic mass is 79.9. The second-order valence-corrected chi connectivity index (χ2v) is 3.00. The predicted molar refractivity (Wildman–Crippen MR) is 47.1 cm³/mol. The van der Waals surface area contributed by atoms with Crippen LogP contribution in [0.15, 0.2) is 22.0 Å². The molecule has 0 spiro atoms. The van der Waals surface area contributed by atoms with Crippen LogP contribution < -0.4 is 0 Å². The lowest BCUT2D eigenvalue weighted by Gasteiger charge is -2.09. The normalized spacial score (nSPS) is 17.5. The van der Waals surface area contributed by atoms with Crippen LogP contribution in [0.25, 0.3) is 0 Å². The van der Waals surface area contributed by atoms with E-state index < -0.39 is 0 Å². The number of hydrogen-bond acceptors (Lipinski definition) is 0. The van der Waals surface area contributed by atoms with Crippen molar-refractivity contribution in [3.63, 3.8) is 0 Å². The summed E-state index contributed by atoms with van der Waals surface area (Å²) in [6.45, 7) is 0. The Kier molecular flexibility index (Phi) is 3.60. The first kappa shape index (κ1) is 7.88. The van der Waals surface area contributed by atoms with Crippen LogP contribution in [0.5, 0.6) is 0 Å². The van der Waals surface area contributed by atoms with E-state index >= 15 is 0 Å². The van der Waals surface area contributed by atoms with Gasteiger partial charge < -0.3 is 0 Å². The Morgan fingerprint density at radius 2 is 1.90 bits per heavy atom. The minimum Gasteiger partial charge on any atom is -0.0706 e. The maximum Gasteiger partial charge on any atom is 0.0316 e. The largest absolute Gasteiger partial charge is 0.0706 e. The van der Waals surface area contributed by atoms with Crippen molar-refractivity contribution in [2.75, 3.05) is 0 Å². The zero-order chi connectivity index (χ0) is 7.23. The van der Waals surface area contributed by atoms with Gasteiger partial charge in [-0.05, 0) is 47.2 Å². The molecule has 1 aliphatic carbocycles. The Labute approximate surface area is 70.5 Å². The average molecular weight is 199 g/mol. The predicted octanol–water partition coefficient (Wildman–Crippen LogP) is 3.54. The maximum atomic E-state index is 3.16. The van der Waals surface area contributed by atoms with Crippen LogP contribution in [0.3, 0.4) is 0 Å². The van der Waals surface area contributed by atoms with Crippen molar-refractivity contribution in [2.24, 2.45) is 0 Å². The van der Waals surface area contributed by atoms with E-state index in [4.69, 9.17) is 0 Å².